The highest BCUT2D eigenvalue weighted by Gasteiger charge is 2.22. The highest BCUT2D eigenvalue weighted by Crippen LogP contribution is 2.19. The van der Waals surface area contributed by atoms with Crippen LogP contribution in [0.4, 0.5) is 0 Å². The molecule has 0 aliphatic rings. The number of carbonyl (C=O) groups is 1. The van der Waals surface area contributed by atoms with E-state index < -0.39 is 11.9 Å². The largest absolute Gasteiger partial charge is 0.481 e. The predicted octanol–water partition coefficient (Wildman–Crippen LogP) is 0.500. The second-order valence-electron chi connectivity index (χ2n) is 2.75. The number of aromatic nitrogens is 1. The van der Waals surface area contributed by atoms with Crippen molar-refractivity contribution in [2.24, 2.45) is 5.73 Å². The number of nitrogens with zero attached hydrogens (tertiary/aromatic N) is 1. The second-order valence-corrected chi connectivity index (χ2v) is 2.75. The van der Waals surface area contributed by atoms with Crippen molar-refractivity contribution in [2.45, 2.75) is 19.3 Å². The quantitative estimate of drug-likeness (QED) is 0.711. The average molecular weight is 184 g/mol. The van der Waals surface area contributed by atoms with Crippen molar-refractivity contribution >= 4 is 5.97 Å². The number of aliphatic carboxylic acids is 1. The minimum absolute atomic E-state index is 0.316. The van der Waals surface area contributed by atoms with Crippen LogP contribution in [0.5, 0.6) is 0 Å². The average Bonchev–Trinajstić information content (AvgIpc) is 2.46. The minimum Gasteiger partial charge on any atom is -0.481 e. The standard InChI is InChI=1S/C8H12N2O3/c1-5-10-4-7(13-5)6(2-3-9)8(11)12/h4,6H,2-3,9H2,1H3,(H,11,12). The Bertz CT molecular complexity index is 295. The van der Waals surface area contributed by atoms with Crippen LogP contribution in [-0.2, 0) is 4.79 Å². The van der Waals surface area contributed by atoms with Crippen LogP contribution in [0.25, 0.3) is 0 Å². The Labute approximate surface area is 75.6 Å². The van der Waals surface area contributed by atoms with Crippen LogP contribution in [0.3, 0.4) is 0 Å². The lowest BCUT2D eigenvalue weighted by Gasteiger charge is -2.05. The highest BCUT2D eigenvalue weighted by molar-refractivity contribution is 5.74. The summed E-state index contributed by atoms with van der Waals surface area (Å²) in [6.45, 7) is 1.99. The van der Waals surface area contributed by atoms with Crippen molar-refractivity contribution in [3.63, 3.8) is 0 Å². The van der Waals surface area contributed by atoms with E-state index in [2.05, 4.69) is 4.98 Å². The van der Waals surface area contributed by atoms with Crippen LogP contribution >= 0.6 is 0 Å². The number of oxazole rings is 1. The second kappa shape index (κ2) is 4.04. The normalized spacial score (nSPS) is 12.8. The maximum Gasteiger partial charge on any atom is 0.314 e. The molecule has 5 heteroatoms. The molecule has 0 saturated heterocycles. The van der Waals surface area contributed by atoms with E-state index in [1.165, 1.54) is 6.20 Å². The van der Waals surface area contributed by atoms with E-state index in [-0.39, 0.29) is 0 Å². The van der Waals surface area contributed by atoms with E-state index >= 15 is 0 Å². The van der Waals surface area contributed by atoms with Gasteiger partial charge in [-0.25, -0.2) is 4.98 Å². The zero-order valence-electron chi connectivity index (χ0n) is 7.36. The Morgan fingerprint density at radius 1 is 1.85 bits per heavy atom. The Morgan fingerprint density at radius 2 is 2.54 bits per heavy atom. The van der Waals surface area contributed by atoms with Crippen molar-refractivity contribution in [1.29, 1.82) is 0 Å². The smallest absolute Gasteiger partial charge is 0.314 e. The molecule has 1 heterocycles. The molecule has 0 aromatic carbocycles. The first-order valence-corrected chi connectivity index (χ1v) is 4.00. The molecule has 1 rings (SSSR count). The lowest BCUT2D eigenvalue weighted by atomic mass is 10.0. The Balaban J connectivity index is 2.81. The fourth-order valence-corrected chi connectivity index (χ4v) is 1.09. The number of hydrogen-bond acceptors (Lipinski definition) is 4. The van der Waals surface area contributed by atoms with Crippen LogP contribution in [-0.4, -0.2) is 22.6 Å². The fraction of sp³-hybridized carbons (Fsp3) is 0.500. The molecule has 0 amide bonds. The van der Waals surface area contributed by atoms with Gasteiger partial charge in [0.25, 0.3) is 0 Å². The van der Waals surface area contributed by atoms with Crippen LogP contribution in [0.15, 0.2) is 10.6 Å². The zero-order chi connectivity index (χ0) is 9.84. The first-order chi connectivity index (χ1) is 6.15. The van der Waals surface area contributed by atoms with Gasteiger partial charge in [-0.2, -0.15) is 0 Å². The van der Waals surface area contributed by atoms with Crippen molar-refractivity contribution < 1.29 is 14.3 Å². The summed E-state index contributed by atoms with van der Waals surface area (Å²) >= 11 is 0. The first-order valence-electron chi connectivity index (χ1n) is 4.00. The minimum atomic E-state index is -0.929. The van der Waals surface area contributed by atoms with E-state index in [9.17, 15) is 4.79 Å². The van der Waals surface area contributed by atoms with Gasteiger partial charge in [-0.05, 0) is 13.0 Å². The number of carboxylic acids is 1. The van der Waals surface area contributed by atoms with Gasteiger partial charge < -0.3 is 15.3 Å². The van der Waals surface area contributed by atoms with Gasteiger partial charge in [-0.15, -0.1) is 0 Å². The molecule has 13 heavy (non-hydrogen) atoms. The highest BCUT2D eigenvalue weighted by atomic mass is 16.4. The van der Waals surface area contributed by atoms with Gasteiger partial charge in [0.2, 0.25) is 0 Å². The summed E-state index contributed by atoms with van der Waals surface area (Å²) < 4.78 is 5.11. The number of carboxylic acid groups (broad SMARTS) is 1. The predicted molar refractivity (Wildman–Crippen MR) is 45.3 cm³/mol. The summed E-state index contributed by atoms with van der Waals surface area (Å²) in [5, 5.41) is 8.82. The first kappa shape index (κ1) is 9.73. The van der Waals surface area contributed by atoms with Crippen LogP contribution in [0.2, 0.25) is 0 Å². The van der Waals surface area contributed by atoms with Crippen LogP contribution in [0, 0.1) is 6.92 Å². The molecule has 5 nitrogen and oxygen atoms in total. The molecule has 0 aliphatic heterocycles. The Hall–Kier alpha value is -1.36. The third-order valence-corrected chi connectivity index (χ3v) is 1.74. The maximum atomic E-state index is 10.8. The lowest BCUT2D eigenvalue weighted by molar-refractivity contribution is -0.139. The molecule has 0 spiro atoms. The van der Waals surface area contributed by atoms with E-state index in [0.717, 1.165) is 0 Å². The zero-order valence-corrected chi connectivity index (χ0v) is 7.36. The summed E-state index contributed by atoms with van der Waals surface area (Å²) in [6, 6.07) is 0. The molecule has 0 aliphatic carbocycles. The van der Waals surface area contributed by atoms with Crippen molar-refractivity contribution in [2.75, 3.05) is 6.54 Å². The van der Waals surface area contributed by atoms with E-state index in [4.69, 9.17) is 15.3 Å². The molecular weight excluding hydrogens is 172 g/mol. The van der Waals surface area contributed by atoms with Crippen molar-refractivity contribution in [3.05, 3.63) is 17.8 Å². The SMILES string of the molecule is Cc1ncc(C(CCN)C(=O)O)o1. The number of rotatable bonds is 4. The third kappa shape index (κ3) is 2.29. The van der Waals surface area contributed by atoms with E-state index in [1.807, 2.05) is 0 Å². The molecule has 1 atom stereocenters. The van der Waals surface area contributed by atoms with Gasteiger partial charge in [-0.3, -0.25) is 4.79 Å². The topological polar surface area (TPSA) is 89.3 Å². The molecule has 0 radical (unpaired) electrons. The lowest BCUT2D eigenvalue weighted by Crippen LogP contribution is -2.15. The van der Waals surface area contributed by atoms with Crippen LogP contribution < -0.4 is 5.73 Å². The van der Waals surface area contributed by atoms with E-state index in [1.54, 1.807) is 6.92 Å². The molecule has 1 aromatic rings. The van der Waals surface area contributed by atoms with Crippen molar-refractivity contribution in [3.8, 4) is 0 Å². The summed E-state index contributed by atoms with van der Waals surface area (Å²) in [5.74, 6) is -0.762. The van der Waals surface area contributed by atoms with Gasteiger partial charge in [0.15, 0.2) is 5.89 Å². The van der Waals surface area contributed by atoms with Crippen LogP contribution in [0.1, 0.15) is 24.0 Å². The van der Waals surface area contributed by atoms with E-state index in [0.29, 0.717) is 24.6 Å². The molecule has 0 fully saturated rings. The molecule has 1 aromatic heterocycles. The molecular formula is C8H12N2O3. The fourth-order valence-electron chi connectivity index (χ4n) is 1.09. The Kier molecular flexibility index (Phi) is 3.02. The van der Waals surface area contributed by atoms with Gasteiger partial charge in [-0.1, -0.05) is 0 Å². The number of nitrogens with two attached hydrogens (primary N) is 1. The molecule has 1 unspecified atom stereocenters. The monoisotopic (exact) mass is 184 g/mol. The molecule has 72 valence electrons. The Morgan fingerprint density at radius 3 is 2.92 bits per heavy atom. The summed E-state index contributed by atoms with van der Waals surface area (Å²) in [7, 11) is 0. The molecule has 0 bridgehead atoms. The summed E-state index contributed by atoms with van der Waals surface area (Å²) in [4.78, 5) is 14.6. The molecule has 0 saturated carbocycles. The van der Waals surface area contributed by atoms with Gasteiger partial charge >= 0.3 is 5.97 Å². The van der Waals surface area contributed by atoms with Gasteiger partial charge in [0.05, 0.1) is 6.20 Å². The number of aryl methyl sites for hydroxylation is 1. The van der Waals surface area contributed by atoms with Gasteiger partial charge in [0, 0.05) is 6.92 Å². The van der Waals surface area contributed by atoms with Gasteiger partial charge in [0.1, 0.15) is 11.7 Å². The maximum absolute atomic E-state index is 10.8. The summed E-state index contributed by atoms with van der Waals surface area (Å²) in [6.07, 6.45) is 1.80. The van der Waals surface area contributed by atoms with Crippen molar-refractivity contribution in [1.82, 2.24) is 4.98 Å². The summed E-state index contributed by atoms with van der Waals surface area (Å²) in [5.41, 5.74) is 5.29. The molecule has 3 N–H and O–H groups in total. The third-order valence-electron chi connectivity index (χ3n) is 1.74. The number of hydrogen-bond donors (Lipinski definition) is 2.